The van der Waals surface area contributed by atoms with Crippen molar-refractivity contribution in [2.75, 3.05) is 0 Å². The van der Waals surface area contributed by atoms with E-state index in [9.17, 15) is 20.1 Å². The third kappa shape index (κ3) is 4.62. The molecule has 3 fully saturated rings. The predicted octanol–water partition coefficient (Wildman–Crippen LogP) is 7.37. The fourth-order valence-corrected chi connectivity index (χ4v) is 10.3. The van der Waals surface area contributed by atoms with Gasteiger partial charge in [0.1, 0.15) is 0 Å². The van der Waals surface area contributed by atoms with Crippen LogP contribution >= 0.6 is 0 Å². The lowest BCUT2D eigenvalue weighted by Gasteiger charge is -2.67. The van der Waals surface area contributed by atoms with Crippen LogP contribution in [0.3, 0.4) is 0 Å². The van der Waals surface area contributed by atoms with Crippen molar-refractivity contribution in [2.24, 2.45) is 45.3 Å². The molecule has 4 nitrogen and oxygen atoms in total. The monoisotopic (exact) mass is 562 g/mol. The van der Waals surface area contributed by atoms with Gasteiger partial charge in [-0.2, -0.15) is 0 Å². The Labute approximate surface area is 248 Å². The Balaban J connectivity index is 1.48. The van der Waals surface area contributed by atoms with Crippen LogP contribution < -0.4 is 0 Å². The van der Waals surface area contributed by atoms with Gasteiger partial charge in [0.25, 0.3) is 0 Å². The van der Waals surface area contributed by atoms with Crippen LogP contribution in [0.1, 0.15) is 106 Å². The smallest absolute Gasteiger partial charge is 0.168 e. The highest BCUT2D eigenvalue weighted by Gasteiger charge is 2.70. The first-order valence-corrected chi connectivity index (χ1v) is 16.1. The predicted molar refractivity (Wildman–Crippen MR) is 166 cm³/mol. The van der Waals surface area contributed by atoms with Gasteiger partial charge in [-0.15, -0.1) is 0 Å². The molecule has 1 aromatic carbocycles. The largest absolute Gasteiger partial charge is 0.393 e. The van der Waals surface area contributed by atoms with Gasteiger partial charge >= 0.3 is 0 Å². The first-order valence-electron chi connectivity index (χ1n) is 16.1. The van der Waals surface area contributed by atoms with E-state index in [0.717, 1.165) is 43.2 Å². The van der Waals surface area contributed by atoms with Gasteiger partial charge in [0.15, 0.2) is 5.78 Å². The van der Waals surface area contributed by atoms with Crippen LogP contribution in [0.4, 0.5) is 0 Å². The molecule has 3 N–H and O–H groups in total. The summed E-state index contributed by atoms with van der Waals surface area (Å²) in [4.78, 5) is 13.8. The number of Topliss-reactive ketones (excluding diaryl/α,β-unsaturated/α-hetero) is 1. The molecular formula is C37H54O4. The number of benzene rings is 1. The molecule has 0 spiro atoms. The van der Waals surface area contributed by atoms with Crippen LogP contribution in [0.5, 0.6) is 0 Å². The van der Waals surface area contributed by atoms with Crippen molar-refractivity contribution in [2.45, 2.75) is 118 Å². The minimum absolute atomic E-state index is 0.0102. The lowest BCUT2D eigenvalue weighted by molar-refractivity contribution is -0.199. The molecule has 4 aliphatic rings. The van der Waals surface area contributed by atoms with Crippen molar-refractivity contribution in [3.05, 3.63) is 53.1 Å². The van der Waals surface area contributed by atoms with Gasteiger partial charge in [-0.25, -0.2) is 0 Å². The quantitative estimate of drug-likeness (QED) is 0.250. The average molecular weight is 563 g/mol. The first-order chi connectivity index (χ1) is 19.0. The van der Waals surface area contributed by atoms with Crippen molar-refractivity contribution in [3.63, 3.8) is 0 Å². The summed E-state index contributed by atoms with van der Waals surface area (Å²) in [6.07, 6.45) is 9.42. The lowest BCUT2D eigenvalue weighted by atomic mass is 9.38. The van der Waals surface area contributed by atoms with E-state index in [1.165, 1.54) is 5.57 Å². The molecule has 9 atom stereocenters. The Kier molecular flexibility index (Phi) is 7.61. The topological polar surface area (TPSA) is 77.8 Å². The molecule has 1 aromatic rings. The van der Waals surface area contributed by atoms with Gasteiger partial charge in [-0.1, -0.05) is 69.7 Å². The standard InChI is InChI=1S/C37H54O4/c1-23(14-17-30(38)34(4,5)41)26-18-19-35(6)29-16-15-27-28(37(29,8)31(39)22-36(26,35)7)21-25(32(40)33(27,2)3)20-24-12-10-9-11-13-24/h9-13,15,20,23,26,28-31,38-39,41H,14,16-19,21-22H2,1-8H3/b25-20+/t23-,26-,28-,29+,30-,31-,35+,36-,37+/m1/s1. The zero-order chi connectivity index (χ0) is 30.2. The van der Waals surface area contributed by atoms with Crippen LogP contribution in [-0.4, -0.2) is 38.9 Å². The maximum Gasteiger partial charge on any atom is 0.168 e. The number of allylic oxidation sites excluding steroid dienone is 3. The van der Waals surface area contributed by atoms with Crippen LogP contribution in [0, 0.1) is 45.3 Å². The van der Waals surface area contributed by atoms with E-state index in [1.54, 1.807) is 13.8 Å². The molecule has 0 unspecified atom stereocenters. The van der Waals surface area contributed by atoms with E-state index in [1.807, 2.05) is 18.2 Å². The molecule has 41 heavy (non-hydrogen) atoms. The summed E-state index contributed by atoms with van der Waals surface area (Å²) < 4.78 is 0. The van der Waals surface area contributed by atoms with Gasteiger partial charge in [-0.3, -0.25) is 4.79 Å². The normalized spacial score (nSPS) is 40.8. The van der Waals surface area contributed by atoms with Crippen LogP contribution in [-0.2, 0) is 4.79 Å². The Morgan fingerprint density at radius 3 is 2.34 bits per heavy atom. The summed E-state index contributed by atoms with van der Waals surface area (Å²) in [5, 5.41) is 33.0. The highest BCUT2D eigenvalue weighted by atomic mass is 16.3. The number of carbonyl (C=O) groups is 1. The molecule has 0 saturated heterocycles. The number of hydrogen-bond donors (Lipinski definition) is 3. The van der Waals surface area contributed by atoms with E-state index in [4.69, 9.17) is 0 Å². The number of aliphatic hydroxyl groups is 3. The molecule has 0 radical (unpaired) electrons. The third-order valence-corrected chi connectivity index (χ3v) is 13.2. The number of carbonyl (C=O) groups excluding carboxylic acids is 1. The number of aliphatic hydroxyl groups excluding tert-OH is 2. The summed E-state index contributed by atoms with van der Waals surface area (Å²) in [5.41, 5.74) is 1.28. The Morgan fingerprint density at radius 2 is 1.71 bits per heavy atom. The molecular weight excluding hydrogens is 508 g/mol. The second-order valence-corrected chi connectivity index (χ2v) is 16.0. The van der Waals surface area contributed by atoms with Gasteiger partial charge in [0.05, 0.1) is 17.8 Å². The molecule has 0 aliphatic heterocycles. The zero-order valence-corrected chi connectivity index (χ0v) is 26.7. The van der Waals surface area contributed by atoms with Crippen molar-refractivity contribution in [3.8, 4) is 0 Å². The van der Waals surface area contributed by atoms with E-state index in [2.05, 4.69) is 65.8 Å². The zero-order valence-electron chi connectivity index (χ0n) is 26.7. The maximum absolute atomic E-state index is 13.8. The minimum Gasteiger partial charge on any atom is -0.393 e. The fourth-order valence-electron chi connectivity index (χ4n) is 10.3. The van der Waals surface area contributed by atoms with E-state index >= 15 is 0 Å². The molecule has 4 heteroatoms. The summed E-state index contributed by atoms with van der Waals surface area (Å²) in [6, 6.07) is 10.2. The SMILES string of the molecule is C[C@H](CC[C@@H](O)C(C)(C)O)[C@H]1CC[C@@]2(C)[C@@H]3CC=C4[C@@H](C/C(=C\c5ccccc5)C(=O)C4(C)C)[C@]3(C)[C@H](O)C[C@]12C. The summed E-state index contributed by atoms with van der Waals surface area (Å²) >= 11 is 0. The maximum atomic E-state index is 13.8. The summed E-state index contributed by atoms with van der Waals surface area (Å²) in [6.45, 7) is 17.1. The second-order valence-electron chi connectivity index (χ2n) is 16.0. The molecule has 5 rings (SSSR count). The van der Waals surface area contributed by atoms with Crippen molar-refractivity contribution in [1.82, 2.24) is 0 Å². The van der Waals surface area contributed by atoms with E-state index in [-0.39, 0.29) is 27.9 Å². The molecule has 0 heterocycles. The number of hydrogen-bond acceptors (Lipinski definition) is 4. The van der Waals surface area contributed by atoms with Crippen LogP contribution in [0.15, 0.2) is 47.6 Å². The average Bonchev–Trinajstić information content (AvgIpc) is 3.16. The van der Waals surface area contributed by atoms with Crippen molar-refractivity contribution in [1.29, 1.82) is 0 Å². The Morgan fingerprint density at radius 1 is 1.05 bits per heavy atom. The molecule has 0 aromatic heterocycles. The lowest BCUT2D eigenvalue weighted by Crippen LogP contribution is -2.64. The highest BCUT2D eigenvalue weighted by molar-refractivity contribution is 6.06. The first kappa shape index (κ1) is 30.7. The number of rotatable bonds is 6. The van der Waals surface area contributed by atoms with Gasteiger partial charge in [0.2, 0.25) is 0 Å². The summed E-state index contributed by atoms with van der Waals surface area (Å²) in [7, 11) is 0. The minimum atomic E-state index is -1.09. The van der Waals surface area contributed by atoms with Gasteiger partial charge in [-0.05, 0) is 124 Å². The van der Waals surface area contributed by atoms with Crippen LogP contribution in [0.2, 0.25) is 0 Å². The summed E-state index contributed by atoms with van der Waals surface area (Å²) in [5.74, 6) is 1.55. The van der Waals surface area contributed by atoms with Gasteiger partial charge < -0.3 is 15.3 Å². The Bertz CT molecular complexity index is 1220. The van der Waals surface area contributed by atoms with Crippen molar-refractivity contribution < 1.29 is 20.1 Å². The van der Waals surface area contributed by atoms with E-state index in [0.29, 0.717) is 30.6 Å². The third-order valence-electron chi connectivity index (χ3n) is 13.2. The fraction of sp³-hybridized carbons (Fsp3) is 0.703. The Hall–Kier alpha value is -1.75. The molecule has 0 bridgehead atoms. The van der Waals surface area contributed by atoms with E-state index < -0.39 is 23.2 Å². The van der Waals surface area contributed by atoms with Gasteiger partial charge in [0, 0.05) is 10.8 Å². The second kappa shape index (κ2) is 10.2. The highest BCUT2D eigenvalue weighted by Crippen LogP contribution is 2.75. The number of ketones is 1. The molecule has 3 saturated carbocycles. The number of fused-ring (bicyclic) bond motifs is 5. The molecule has 0 amide bonds. The molecule has 226 valence electrons. The van der Waals surface area contributed by atoms with Crippen LogP contribution in [0.25, 0.3) is 6.08 Å². The van der Waals surface area contributed by atoms with Crippen molar-refractivity contribution >= 4 is 11.9 Å². The molecule has 4 aliphatic carbocycles.